The summed E-state index contributed by atoms with van der Waals surface area (Å²) < 4.78 is 5.44. The van der Waals surface area contributed by atoms with Crippen LogP contribution in [0.5, 0.6) is 0 Å². The topological polar surface area (TPSA) is 48.9 Å². The number of rotatable bonds is 7. The van der Waals surface area contributed by atoms with Crippen LogP contribution in [0.3, 0.4) is 0 Å². The number of nitrogens with zero attached hydrogens (tertiary/aromatic N) is 2. The van der Waals surface area contributed by atoms with Gasteiger partial charge in [0.05, 0.1) is 19.8 Å². The molecule has 0 amide bonds. The summed E-state index contributed by atoms with van der Waals surface area (Å²) in [6, 6.07) is 8.72. The Morgan fingerprint density at radius 1 is 1.22 bits per heavy atom. The van der Waals surface area contributed by atoms with E-state index in [2.05, 4.69) is 41.5 Å². The fourth-order valence-electron chi connectivity index (χ4n) is 3.46. The second-order valence-electron chi connectivity index (χ2n) is 7.36. The van der Waals surface area contributed by atoms with Crippen LogP contribution in [-0.2, 0) is 10.2 Å². The molecule has 2 fully saturated rings. The maximum Gasteiger partial charge on any atom is 0.191 e. The molecule has 1 aromatic carbocycles. The highest BCUT2D eigenvalue weighted by atomic mass is 127. The Bertz CT molecular complexity index is 601. The molecule has 1 saturated heterocycles. The Morgan fingerprint density at radius 2 is 1.89 bits per heavy atom. The Balaban J connectivity index is 0.00000261. The van der Waals surface area contributed by atoms with Gasteiger partial charge >= 0.3 is 0 Å². The second-order valence-corrected chi connectivity index (χ2v) is 7.80. The van der Waals surface area contributed by atoms with E-state index in [1.54, 1.807) is 0 Å². The smallest absolute Gasteiger partial charge is 0.191 e. The van der Waals surface area contributed by atoms with Crippen molar-refractivity contribution in [1.82, 2.24) is 15.5 Å². The zero-order chi connectivity index (χ0) is 18.4. The van der Waals surface area contributed by atoms with Crippen LogP contribution in [0.4, 0.5) is 0 Å². The highest BCUT2D eigenvalue weighted by Gasteiger charge is 2.44. The summed E-state index contributed by atoms with van der Waals surface area (Å²) in [6.07, 6.45) is 2.39. The average molecular weight is 507 g/mol. The lowest BCUT2D eigenvalue weighted by molar-refractivity contribution is 0.0211. The molecule has 2 N–H and O–H groups in total. The molecule has 0 aromatic heterocycles. The van der Waals surface area contributed by atoms with Gasteiger partial charge in [0, 0.05) is 42.7 Å². The Labute approximate surface area is 185 Å². The zero-order valence-electron chi connectivity index (χ0n) is 16.3. The minimum absolute atomic E-state index is 0. The predicted molar refractivity (Wildman–Crippen MR) is 124 cm³/mol. The number of hydrogen-bond acceptors (Lipinski definition) is 3. The summed E-state index contributed by atoms with van der Waals surface area (Å²) in [5, 5.41) is 7.68. The van der Waals surface area contributed by atoms with Crippen molar-refractivity contribution in [3.63, 3.8) is 0 Å². The van der Waals surface area contributed by atoms with Gasteiger partial charge in [-0.05, 0) is 44.4 Å². The molecule has 0 spiro atoms. The van der Waals surface area contributed by atoms with Crippen molar-refractivity contribution < 1.29 is 4.74 Å². The first-order valence-electron chi connectivity index (χ1n) is 9.73. The summed E-state index contributed by atoms with van der Waals surface area (Å²) >= 11 is 6.03. The summed E-state index contributed by atoms with van der Waals surface area (Å²) in [5.74, 6) is 0.910. The molecule has 1 heterocycles. The summed E-state index contributed by atoms with van der Waals surface area (Å²) in [5.41, 5.74) is 1.55. The number of halogens is 2. The number of nitrogens with one attached hydrogen (secondary N) is 2. The Hall–Kier alpha value is -0.570. The van der Waals surface area contributed by atoms with Crippen LogP contribution < -0.4 is 10.6 Å². The third kappa shape index (κ3) is 6.48. The third-order valence-corrected chi connectivity index (χ3v) is 5.68. The largest absolute Gasteiger partial charge is 0.379 e. The molecule has 5 nitrogen and oxygen atoms in total. The monoisotopic (exact) mass is 506 g/mol. The van der Waals surface area contributed by atoms with Crippen LogP contribution in [0.25, 0.3) is 0 Å². The summed E-state index contributed by atoms with van der Waals surface area (Å²) in [6.45, 7) is 10.6. The molecule has 1 aromatic rings. The average Bonchev–Trinajstić information content (AvgIpc) is 3.46. The zero-order valence-corrected chi connectivity index (χ0v) is 19.4. The predicted octanol–water partition coefficient (Wildman–Crippen LogP) is 3.27. The lowest BCUT2D eigenvalue weighted by atomic mass is 9.96. The summed E-state index contributed by atoms with van der Waals surface area (Å²) in [4.78, 5) is 7.35. The Kier molecular flexibility index (Phi) is 9.11. The van der Waals surface area contributed by atoms with E-state index in [4.69, 9.17) is 21.3 Å². The minimum Gasteiger partial charge on any atom is -0.379 e. The van der Waals surface area contributed by atoms with Crippen LogP contribution in [-0.4, -0.2) is 62.8 Å². The van der Waals surface area contributed by atoms with E-state index in [9.17, 15) is 0 Å². The van der Waals surface area contributed by atoms with Crippen molar-refractivity contribution in [3.05, 3.63) is 34.9 Å². The highest BCUT2D eigenvalue weighted by Crippen LogP contribution is 2.48. The van der Waals surface area contributed by atoms with Gasteiger partial charge in [-0.15, -0.1) is 24.0 Å². The van der Waals surface area contributed by atoms with E-state index in [1.807, 2.05) is 12.1 Å². The van der Waals surface area contributed by atoms with E-state index in [0.29, 0.717) is 6.04 Å². The van der Waals surface area contributed by atoms with Crippen LogP contribution >= 0.6 is 35.6 Å². The van der Waals surface area contributed by atoms with Gasteiger partial charge in [0.25, 0.3) is 0 Å². The second kappa shape index (κ2) is 10.8. The van der Waals surface area contributed by atoms with Crippen LogP contribution in [0.2, 0.25) is 5.02 Å². The fraction of sp³-hybridized carbons (Fsp3) is 0.650. The number of morpholine rings is 1. The van der Waals surface area contributed by atoms with Gasteiger partial charge in [-0.1, -0.05) is 23.7 Å². The van der Waals surface area contributed by atoms with Crippen molar-refractivity contribution >= 4 is 41.5 Å². The van der Waals surface area contributed by atoms with Gasteiger partial charge < -0.3 is 15.4 Å². The van der Waals surface area contributed by atoms with Crippen molar-refractivity contribution in [2.24, 2.45) is 4.99 Å². The molecule has 0 radical (unpaired) electrons. The molecule has 1 saturated carbocycles. The van der Waals surface area contributed by atoms with Crippen LogP contribution in [0.1, 0.15) is 32.3 Å². The van der Waals surface area contributed by atoms with Crippen molar-refractivity contribution in [2.75, 3.05) is 45.9 Å². The number of benzene rings is 1. The third-order valence-electron chi connectivity index (χ3n) is 5.43. The molecule has 1 atom stereocenters. The molecule has 3 rings (SSSR count). The molecule has 1 aliphatic carbocycles. The first-order chi connectivity index (χ1) is 12.6. The van der Waals surface area contributed by atoms with Gasteiger partial charge in [0.1, 0.15) is 0 Å². The standard InChI is InChI=1S/C20H31ClN4O.HI/c1-3-22-19(23-14-16(2)25-10-12-26-13-11-25)24-15-20(8-9-20)17-4-6-18(21)7-5-17;/h4-7,16H,3,8-15H2,1-2H3,(H2,22,23,24);1H. The molecule has 0 bridgehead atoms. The van der Waals surface area contributed by atoms with Gasteiger partial charge in [0.15, 0.2) is 5.96 Å². The number of ether oxygens (including phenoxy) is 1. The van der Waals surface area contributed by atoms with E-state index in [0.717, 1.165) is 56.9 Å². The van der Waals surface area contributed by atoms with E-state index in [1.165, 1.54) is 18.4 Å². The molecule has 2 aliphatic rings. The van der Waals surface area contributed by atoms with Gasteiger partial charge in [0.2, 0.25) is 0 Å². The van der Waals surface area contributed by atoms with Crippen LogP contribution in [0, 0.1) is 0 Å². The molecule has 7 heteroatoms. The quantitative estimate of drug-likeness (QED) is 0.339. The fourth-order valence-corrected chi connectivity index (χ4v) is 3.58. The molecular formula is C20H32ClIN4O. The van der Waals surface area contributed by atoms with Gasteiger partial charge in [-0.2, -0.15) is 0 Å². The normalized spacial score (nSPS) is 20.5. The van der Waals surface area contributed by atoms with Crippen molar-refractivity contribution in [1.29, 1.82) is 0 Å². The highest BCUT2D eigenvalue weighted by molar-refractivity contribution is 14.0. The lowest BCUT2D eigenvalue weighted by Gasteiger charge is -2.32. The minimum atomic E-state index is 0. The maximum atomic E-state index is 6.03. The van der Waals surface area contributed by atoms with Crippen molar-refractivity contribution in [2.45, 2.75) is 38.1 Å². The van der Waals surface area contributed by atoms with Gasteiger partial charge in [-0.3, -0.25) is 9.89 Å². The molecule has 27 heavy (non-hydrogen) atoms. The van der Waals surface area contributed by atoms with E-state index < -0.39 is 0 Å². The molecule has 1 aliphatic heterocycles. The first kappa shape index (κ1) is 22.7. The number of hydrogen-bond donors (Lipinski definition) is 2. The van der Waals surface area contributed by atoms with E-state index in [-0.39, 0.29) is 29.4 Å². The lowest BCUT2D eigenvalue weighted by Crippen LogP contribution is -2.49. The molecular weight excluding hydrogens is 475 g/mol. The number of guanidine groups is 1. The molecule has 1 unspecified atom stereocenters. The summed E-state index contributed by atoms with van der Waals surface area (Å²) in [7, 11) is 0. The van der Waals surface area contributed by atoms with Crippen LogP contribution in [0.15, 0.2) is 29.3 Å². The van der Waals surface area contributed by atoms with Gasteiger partial charge in [-0.25, -0.2) is 0 Å². The Morgan fingerprint density at radius 3 is 2.48 bits per heavy atom. The molecule has 152 valence electrons. The van der Waals surface area contributed by atoms with E-state index >= 15 is 0 Å². The number of aliphatic imine (C=N–C) groups is 1. The maximum absolute atomic E-state index is 6.03. The SMILES string of the molecule is CCNC(=NCC1(c2ccc(Cl)cc2)CC1)NCC(C)N1CCOCC1.I. The first-order valence-corrected chi connectivity index (χ1v) is 10.1. The van der Waals surface area contributed by atoms with Crippen molar-refractivity contribution in [3.8, 4) is 0 Å².